The number of rotatable bonds is 2. The molecule has 2 aliphatic heterocycles. The summed E-state index contributed by atoms with van der Waals surface area (Å²) in [7, 11) is 7.75. The van der Waals surface area contributed by atoms with E-state index in [1.54, 1.807) is 0 Å². The first-order valence-corrected chi connectivity index (χ1v) is 4.22. The largest absolute Gasteiger partial charge is 0.393 e. The highest BCUT2D eigenvalue weighted by molar-refractivity contribution is 7.09. The van der Waals surface area contributed by atoms with E-state index in [2.05, 4.69) is 9.47 Å². The van der Waals surface area contributed by atoms with Gasteiger partial charge in [-0.1, -0.05) is 0 Å². The Labute approximate surface area is 74.3 Å². The predicted octanol–water partition coefficient (Wildman–Crippen LogP) is -1.18. The normalized spacial score (nSPS) is 51.7. The van der Waals surface area contributed by atoms with Gasteiger partial charge in [-0.25, -0.2) is 0 Å². The van der Waals surface area contributed by atoms with E-state index in [0.29, 0.717) is 6.61 Å². The van der Waals surface area contributed by atoms with Crippen molar-refractivity contribution in [3.05, 3.63) is 0 Å². The molecule has 0 amide bonds. The molecule has 0 aromatic carbocycles. The number of fused-ring (bicyclic) bond motifs is 2. The average Bonchev–Trinajstić information content (AvgIpc) is 2.56. The fourth-order valence-electron chi connectivity index (χ4n) is 1.79. The summed E-state index contributed by atoms with van der Waals surface area (Å²) in [6.45, 7) is 0.219. The van der Waals surface area contributed by atoms with Crippen LogP contribution in [0.3, 0.4) is 0 Å². The van der Waals surface area contributed by atoms with Crippen LogP contribution in [0.15, 0.2) is 0 Å². The second-order valence-corrected chi connectivity index (χ2v) is 3.41. The highest BCUT2D eigenvalue weighted by atomic mass is 31.0. The Morgan fingerprint density at radius 1 is 1.75 bits per heavy atom. The molecule has 2 radical (unpaired) electrons. The molecule has 2 aliphatic rings. The number of ether oxygens (including phenoxy) is 2. The molecule has 0 aromatic heterocycles. The van der Waals surface area contributed by atoms with Gasteiger partial charge in [-0.3, -0.25) is 0 Å². The van der Waals surface area contributed by atoms with Crippen LogP contribution in [-0.2, 0) is 14.0 Å². The molecule has 2 saturated heterocycles. The second-order valence-electron chi connectivity index (χ2n) is 3.14. The third-order valence-corrected chi connectivity index (χ3v) is 2.74. The van der Waals surface area contributed by atoms with Crippen LogP contribution in [0.1, 0.15) is 0 Å². The fourth-order valence-corrected chi connectivity index (χ4v) is 2.19. The van der Waals surface area contributed by atoms with Gasteiger partial charge in [0.05, 0.1) is 13.2 Å². The van der Waals surface area contributed by atoms with Crippen LogP contribution in [0, 0.1) is 0 Å². The molecule has 2 fully saturated rings. The quantitative estimate of drug-likeness (QED) is 0.437. The SMILES string of the molecule is [B]C1OC2(CO)COC1[C@@H]2OP. The Kier molecular flexibility index (Phi) is 2.17. The molecule has 4 nitrogen and oxygen atoms in total. The van der Waals surface area contributed by atoms with Crippen molar-refractivity contribution < 1.29 is 19.1 Å². The third-order valence-electron chi connectivity index (χ3n) is 2.45. The van der Waals surface area contributed by atoms with Gasteiger partial charge in [0.1, 0.15) is 25.7 Å². The average molecular weight is 188 g/mol. The van der Waals surface area contributed by atoms with Gasteiger partial charge in [-0.15, -0.1) is 0 Å². The van der Waals surface area contributed by atoms with Crippen molar-refractivity contribution in [2.45, 2.75) is 23.8 Å². The summed E-state index contributed by atoms with van der Waals surface area (Å²) in [6.07, 6.45) is -0.530. The zero-order valence-electron chi connectivity index (χ0n) is 6.47. The number of hydrogen-bond donors (Lipinski definition) is 1. The summed E-state index contributed by atoms with van der Waals surface area (Å²) in [5.41, 5.74) is -0.744. The molecular weight excluding hydrogens is 178 g/mol. The molecule has 2 rings (SSSR count). The maximum atomic E-state index is 9.11. The van der Waals surface area contributed by atoms with E-state index in [1.807, 2.05) is 0 Å². The molecule has 5 atom stereocenters. The zero-order chi connectivity index (χ0) is 8.77. The van der Waals surface area contributed by atoms with Crippen LogP contribution in [0.2, 0.25) is 0 Å². The minimum absolute atomic E-state index is 0.129. The molecule has 2 bridgehead atoms. The topological polar surface area (TPSA) is 47.9 Å². The van der Waals surface area contributed by atoms with E-state index in [1.165, 1.54) is 0 Å². The summed E-state index contributed by atoms with van der Waals surface area (Å²) < 4.78 is 15.8. The molecule has 66 valence electrons. The summed E-state index contributed by atoms with van der Waals surface area (Å²) >= 11 is 0. The highest BCUT2D eigenvalue weighted by Gasteiger charge is 2.60. The van der Waals surface area contributed by atoms with Crippen molar-refractivity contribution >= 4 is 17.3 Å². The van der Waals surface area contributed by atoms with Gasteiger partial charge in [0.25, 0.3) is 0 Å². The Bertz CT molecular complexity index is 192. The fraction of sp³-hybridized carbons (Fsp3) is 1.00. The summed E-state index contributed by atoms with van der Waals surface area (Å²) in [5.74, 6) is 0. The first-order chi connectivity index (χ1) is 5.73. The van der Waals surface area contributed by atoms with Crippen molar-refractivity contribution in [2.24, 2.45) is 0 Å². The zero-order valence-corrected chi connectivity index (χ0v) is 7.63. The van der Waals surface area contributed by atoms with E-state index in [4.69, 9.17) is 27.0 Å². The maximum absolute atomic E-state index is 9.11. The Morgan fingerprint density at radius 2 is 2.50 bits per heavy atom. The maximum Gasteiger partial charge on any atom is 0.143 e. The lowest BCUT2D eigenvalue weighted by Gasteiger charge is -2.27. The molecule has 1 N–H and O–H groups in total. The van der Waals surface area contributed by atoms with Gasteiger partial charge in [-0.05, 0) is 0 Å². The first-order valence-electron chi connectivity index (χ1n) is 3.75. The van der Waals surface area contributed by atoms with E-state index in [0.717, 1.165) is 0 Å². The van der Waals surface area contributed by atoms with E-state index < -0.39 is 11.6 Å². The predicted molar refractivity (Wildman–Crippen MR) is 44.8 cm³/mol. The van der Waals surface area contributed by atoms with Crippen LogP contribution >= 0.6 is 9.47 Å². The molecule has 0 spiro atoms. The molecule has 6 heteroatoms. The number of hydrogen-bond acceptors (Lipinski definition) is 4. The van der Waals surface area contributed by atoms with Crippen LogP contribution in [-0.4, -0.2) is 50.0 Å². The van der Waals surface area contributed by atoms with Crippen LogP contribution in [0.4, 0.5) is 0 Å². The Balaban J connectivity index is 2.23. The van der Waals surface area contributed by atoms with Crippen LogP contribution in [0.25, 0.3) is 0 Å². The lowest BCUT2D eigenvalue weighted by molar-refractivity contribution is -0.135. The number of aliphatic hydroxyl groups is 1. The Hall–Kier alpha value is 0.335. The minimum Gasteiger partial charge on any atom is -0.393 e. The molecular formula is C6H10BO4P. The molecule has 4 unspecified atom stereocenters. The summed E-state index contributed by atoms with van der Waals surface area (Å²) in [5, 5.41) is 9.11. The lowest BCUT2D eigenvalue weighted by Crippen LogP contribution is -2.44. The molecule has 0 saturated carbocycles. The van der Waals surface area contributed by atoms with Gasteiger partial charge < -0.3 is 19.1 Å². The van der Waals surface area contributed by atoms with Crippen molar-refractivity contribution in [2.75, 3.05) is 13.2 Å². The van der Waals surface area contributed by atoms with Gasteiger partial charge in [0.15, 0.2) is 0 Å². The van der Waals surface area contributed by atoms with Crippen LogP contribution < -0.4 is 0 Å². The molecule has 0 aromatic rings. The second kappa shape index (κ2) is 2.93. The third kappa shape index (κ3) is 0.979. The van der Waals surface area contributed by atoms with Gasteiger partial charge in [0, 0.05) is 15.5 Å². The number of aliphatic hydroxyl groups excluding tert-OH is 1. The van der Waals surface area contributed by atoms with Gasteiger partial charge >= 0.3 is 0 Å². The van der Waals surface area contributed by atoms with E-state index in [-0.39, 0.29) is 18.8 Å². The smallest absolute Gasteiger partial charge is 0.143 e. The Morgan fingerprint density at radius 3 is 2.92 bits per heavy atom. The van der Waals surface area contributed by atoms with E-state index >= 15 is 0 Å². The van der Waals surface area contributed by atoms with Gasteiger partial charge in [0.2, 0.25) is 0 Å². The summed E-state index contributed by atoms with van der Waals surface area (Å²) in [6, 6.07) is -0.489. The van der Waals surface area contributed by atoms with E-state index in [9.17, 15) is 0 Å². The lowest BCUT2D eigenvalue weighted by atomic mass is 9.92. The van der Waals surface area contributed by atoms with Crippen molar-refractivity contribution in [1.82, 2.24) is 0 Å². The van der Waals surface area contributed by atoms with Crippen molar-refractivity contribution in [3.63, 3.8) is 0 Å². The summed E-state index contributed by atoms with van der Waals surface area (Å²) in [4.78, 5) is 0. The highest BCUT2D eigenvalue weighted by Crippen LogP contribution is 2.41. The van der Waals surface area contributed by atoms with Crippen molar-refractivity contribution in [1.29, 1.82) is 0 Å². The van der Waals surface area contributed by atoms with Crippen molar-refractivity contribution in [3.8, 4) is 0 Å². The first kappa shape index (κ1) is 8.91. The molecule has 0 aliphatic carbocycles. The minimum atomic E-state index is -0.744. The van der Waals surface area contributed by atoms with Crippen LogP contribution in [0.5, 0.6) is 0 Å². The van der Waals surface area contributed by atoms with Gasteiger partial charge in [-0.2, -0.15) is 0 Å². The standard InChI is InChI=1S/C6H10BO4P/c7-5-3-4(11-12)6(1-8,10-5)2-9-3/h3-5,8H,1-2,12H2/t3?,4-,5?,6?/m0/s1. The monoisotopic (exact) mass is 188 g/mol. The molecule has 2 heterocycles. The molecule has 12 heavy (non-hydrogen) atoms.